The van der Waals surface area contributed by atoms with Gasteiger partial charge in [0.25, 0.3) is 0 Å². The highest BCUT2D eigenvalue weighted by Crippen LogP contribution is 2.34. The van der Waals surface area contributed by atoms with Gasteiger partial charge in [-0.1, -0.05) is 12.1 Å². The summed E-state index contributed by atoms with van der Waals surface area (Å²) in [7, 11) is 8.22. The number of hydrogen-bond donors (Lipinski definition) is 2. The van der Waals surface area contributed by atoms with Crippen molar-refractivity contribution in [3.8, 4) is 23.0 Å². The van der Waals surface area contributed by atoms with Gasteiger partial charge in [-0.3, -0.25) is 4.99 Å². The van der Waals surface area contributed by atoms with Crippen LogP contribution in [0.4, 0.5) is 0 Å². The number of aryl methyl sites for hydroxylation is 1. The van der Waals surface area contributed by atoms with Crippen LogP contribution in [0.15, 0.2) is 35.3 Å². The first-order valence-electron chi connectivity index (χ1n) is 10.0. The molecule has 0 unspecified atom stereocenters. The maximum absolute atomic E-state index is 5.86. The van der Waals surface area contributed by atoms with Gasteiger partial charge in [-0.25, -0.2) is 0 Å². The molecule has 8 heteroatoms. The zero-order valence-corrected chi connectivity index (χ0v) is 19.2. The Hall–Kier alpha value is -3.13. The van der Waals surface area contributed by atoms with Crippen LogP contribution in [-0.4, -0.2) is 54.7 Å². The fraction of sp³-hybridized carbons (Fsp3) is 0.435. The topological polar surface area (TPSA) is 82.6 Å². The second kappa shape index (κ2) is 12.5. The van der Waals surface area contributed by atoms with Crippen LogP contribution >= 0.6 is 0 Å². The highest BCUT2D eigenvalue weighted by molar-refractivity contribution is 5.79. The third-order valence-electron chi connectivity index (χ3n) is 4.67. The van der Waals surface area contributed by atoms with E-state index >= 15 is 0 Å². The Morgan fingerprint density at radius 3 is 2.03 bits per heavy atom. The van der Waals surface area contributed by atoms with Crippen molar-refractivity contribution in [2.24, 2.45) is 4.99 Å². The van der Waals surface area contributed by atoms with E-state index in [0.717, 1.165) is 22.4 Å². The van der Waals surface area contributed by atoms with E-state index in [1.165, 1.54) is 0 Å². The quantitative estimate of drug-likeness (QED) is 0.322. The smallest absolute Gasteiger partial charge is 0.191 e. The minimum absolute atomic E-state index is 0.494. The number of benzene rings is 2. The largest absolute Gasteiger partial charge is 0.496 e. The average molecular weight is 432 g/mol. The molecule has 0 atom stereocenters. The Morgan fingerprint density at radius 2 is 1.42 bits per heavy atom. The number of hydrogen-bond acceptors (Lipinski definition) is 6. The number of aliphatic imine (C=N–C) groups is 1. The zero-order chi connectivity index (χ0) is 22.6. The van der Waals surface area contributed by atoms with Gasteiger partial charge in [0.05, 0.1) is 27.9 Å². The Balaban J connectivity index is 2.04. The zero-order valence-electron chi connectivity index (χ0n) is 19.2. The summed E-state index contributed by atoms with van der Waals surface area (Å²) in [6, 6.07) is 9.83. The van der Waals surface area contributed by atoms with Crippen molar-refractivity contribution >= 4 is 5.96 Å². The Labute approximate surface area is 184 Å². The minimum atomic E-state index is 0.494. The number of guanidine groups is 1. The predicted octanol–water partition coefficient (Wildman–Crippen LogP) is 2.91. The van der Waals surface area contributed by atoms with E-state index in [4.69, 9.17) is 23.7 Å². The SMILES string of the molecule is CN=C(NCc1cc(OC)c(OC)cc1OC)NCc1ccc(C)cc1OCCOC. The van der Waals surface area contributed by atoms with E-state index in [0.29, 0.717) is 49.5 Å². The van der Waals surface area contributed by atoms with Gasteiger partial charge in [0, 0.05) is 44.4 Å². The minimum Gasteiger partial charge on any atom is -0.496 e. The second-order valence-corrected chi connectivity index (χ2v) is 6.75. The van der Waals surface area contributed by atoms with Gasteiger partial charge < -0.3 is 34.3 Å². The fourth-order valence-electron chi connectivity index (χ4n) is 2.99. The van der Waals surface area contributed by atoms with Crippen LogP contribution in [0.2, 0.25) is 0 Å². The lowest BCUT2D eigenvalue weighted by atomic mass is 10.1. The maximum atomic E-state index is 5.86. The molecule has 0 fully saturated rings. The van der Waals surface area contributed by atoms with Crippen LogP contribution in [0.25, 0.3) is 0 Å². The van der Waals surface area contributed by atoms with Crippen molar-refractivity contribution in [1.29, 1.82) is 0 Å². The molecule has 0 spiro atoms. The summed E-state index contributed by atoms with van der Waals surface area (Å²) in [5.41, 5.74) is 3.09. The maximum Gasteiger partial charge on any atom is 0.191 e. The van der Waals surface area contributed by atoms with Crippen molar-refractivity contribution < 1.29 is 23.7 Å². The van der Waals surface area contributed by atoms with Gasteiger partial charge in [-0.2, -0.15) is 0 Å². The van der Waals surface area contributed by atoms with Crippen LogP contribution in [0.1, 0.15) is 16.7 Å². The fourth-order valence-corrected chi connectivity index (χ4v) is 2.99. The molecule has 31 heavy (non-hydrogen) atoms. The van der Waals surface area contributed by atoms with Gasteiger partial charge >= 0.3 is 0 Å². The van der Waals surface area contributed by atoms with E-state index in [1.54, 1.807) is 35.5 Å². The summed E-state index contributed by atoms with van der Waals surface area (Å²) >= 11 is 0. The number of rotatable bonds is 11. The molecule has 0 aliphatic carbocycles. The molecule has 2 rings (SSSR count). The third kappa shape index (κ3) is 6.96. The number of nitrogens with zero attached hydrogens (tertiary/aromatic N) is 1. The Kier molecular flexibility index (Phi) is 9.77. The summed E-state index contributed by atoms with van der Waals surface area (Å²) in [4.78, 5) is 4.31. The Bertz CT molecular complexity index is 871. The molecule has 8 nitrogen and oxygen atoms in total. The summed E-state index contributed by atoms with van der Waals surface area (Å²) in [5, 5.41) is 6.63. The van der Waals surface area contributed by atoms with Crippen LogP contribution in [-0.2, 0) is 17.8 Å². The molecule has 0 saturated heterocycles. The standard InChI is InChI=1S/C23H33N3O5/c1-16-7-8-17(20(11-16)31-10-9-27-3)14-25-23(24-2)26-15-18-12-21(29-5)22(30-6)13-19(18)28-4/h7-8,11-13H,9-10,14-15H2,1-6H3,(H2,24,25,26). The van der Waals surface area contributed by atoms with Crippen molar-refractivity contribution in [2.45, 2.75) is 20.0 Å². The lowest BCUT2D eigenvalue weighted by Crippen LogP contribution is -2.36. The molecule has 2 aromatic rings. The summed E-state index contributed by atoms with van der Waals surface area (Å²) < 4.78 is 27.2. The molecule has 2 aromatic carbocycles. The molecular weight excluding hydrogens is 398 g/mol. The monoisotopic (exact) mass is 431 g/mol. The molecule has 0 aliphatic rings. The van der Waals surface area contributed by atoms with Crippen molar-refractivity contribution in [3.63, 3.8) is 0 Å². The van der Waals surface area contributed by atoms with E-state index in [2.05, 4.69) is 27.8 Å². The number of methoxy groups -OCH3 is 4. The lowest BCUT2D eigenvalue weighted by Gasteiger charge is -2.17. The number of ether oxygens (including phenoxy) is 5. The highest BCUT2D eigenvalue weighted by atomic mass is 16.5. The van der Waals surface area contributed by atoms with Crippen LogP contribution < -0.4 is 29.6 Å². The molecule has 2 N–H and O–H groups in total. The first-order chi connectivity index (χ1) is 15.1. The molecule has 0 aliphatic heterocycles. The molecular formula is C23H33N3O5. The summed E-state index contributed by atoms with van der Waals surface area (Å²) in [5.74, 6) is 3.45. The highest BCUT2D eigenvalue weighted by Gasteiger charge is 2.12. The van der Waals surface area contributed by atoms with E-state index in [9.17, 15) is 0 Å². The normalized spacial score (nSPS) is 11.1. The first-order valence-corrected chi connectivity index (χ1v) is 10.0. The molecule has 0 saturated carbocycles. The van der Waals surface area contributed by atoms with E-state index < -0.39 is 0 Å². The molecule has 0 amide bonds. The third-order valence-corrected chi connectivity index (χ3v) is 4.67. The number of nitrogens with one attached hydrogen (secondary N) is 2. The van der Waals surface area contributed by atoms with Crippen molar-refractivity contribution in [2.75, 3.05) is 48.7 Å². The van der Waals surface area contributed by atoms with Gasteiger partial charge in [0.15, 0.2) is 17.5 Å². The van der Waals surface area contributed by atoms with Crippen LogP contribution in [0, 0.1) is 6.92 Å². The molecule has 0 heterocycles. The van der Waals surface area contributed by atoms with Crippen LogP contribution in [0.3, 0.4) is 0 Å². The molecule has 0 bridgehead atoms. The molecule has 0 aromatic heterocycles. The molecule has 0 radical (unpaired) electrons. The first kappa shape index (κ1) is 24.1. The second-order valence-electron chi connectivity index (χ2n) is 6.75. The van der Waals surface area contributed by atoms with Gasteiger partial charge in [-0.15, -0.1) is 0 Å². The van der Waals surface area contributed by atoms with Crippen molar-refractivity contribution in [1.82, 2.24) is 10.6 Å². The predicted molar refractivity (Wildman–Crippen MR) is 122 cm³/mol. The van der Waals surface area contributed by atoms with Gasteiger partial charge in [0.2, 0.25) is 0 Å². The summed E-state index contributed by atoms with van der Waals surface area (Å²) in [6.45, 7) is 4.13. The lowest BCUT2D eigenvalue weighted by molar-refractivity contribution is 0.145. The van der Waals surface area contributed by atoms with Gasteiger partial charge in [-0.05, 0) is 24.6 Å². The van der Waals surface area contributed by atoms with Gasteiger partial charge in [0.1, 0.15) is 18.1 Å². The van der Waals surface area contributed by atoms with E-state index in [1.807, 2.05) is 25.1 Å². The van der Waals surface area contributed by atoms with Crippen LogP contribution in [0.5, 0.6) is 23.0 Å². The Morgan fingerprint density at radius 1 is 0.774 bits per heavy atom. The van der Waals surface area contributed by atoms with Crippen molar-refractivity contribution in [3.05, 3.63) is 47.0 Å². The average Bonchev–Trinajstić information content (AvgIpc) is 2.79. The summed E-state index contributed by atoms with van der Waals surface area (Å²) in [6.07, 6.45) is 0. The van der Waals surface area contributed by atoms with E-state index in [-0.39, 0.29) is 0 Å². The molecule has 170 valence electrons.